The van der Waals surface area contributed by atoms with E-state index >= 15 is 0 Å². The number of amides is 2. The van der Waals surface area contributed by atoms with Crippen molar-refractivity contribution in [3.8, 4) is 0 Å². The topological polar surface area (TPSA) is 49.4 Å². The van der Waals surface area contributed by atoms with Crippen molar-refractivity contribution in [2.24, 2.45) is 11.8 Å². The maximum Gasteiger partial charge on any atom is 0.229 e. The number of likely N-dealkylation sites (tertiary alicyclic amines) is 1. The van der Waals surface area contributed by atoms with Gasteiger partial charge in [0.15, 0.2) is 0 Å². The maximum atomic E-state index is 12.2. The monoisotopic (exact) mass is 288 g/mol. The molecule has 2 rings (SSSR count). The van der Waals surface area contributed by atoms with Gasteiger partial charge in [-0.05, 0) is 31.4 Å². The molecular formula is C17H24N2O2. The first-order chi connectivity index (χ1) is 9.95. The minimum absolute atomic E-state index is 0.0562. The van der Waals surface area contributed by atoms with Gasteiger partial charge in [-0.1, -0.05) is 31.5 Å². The van der Waals surface area contributed by atoms with Gasteiger partial charge in [-0.3, -0.25) is 9.59 Å². The molecule has 4 heteroatoms. The van der Waals surface area contributed by atoms with E-state index in [1.807, 2.05) is 36.1 Å². The first-order valence-electron chi connectivity index (χ1n) is 7.61. The van der Waals surface area contributed by atoms with Crippen molar-refractivity contribution < 1.29 is 9.59 Å². The largest absolute Gasteiger partial charge is 0.342 e. The Bertz CT molecular complexity index is 508. The molecule has 1 aliphatic rings. The Morgan fingerprint density at radius 3 is 2.62 bits per heavy atom. The second-order valence-corrected chi connectivity index (χ2v) is 6.28. The first kappa shape index (κ1) is 15.5. The maximum absolute atomic E-state index is 12.2. The van der Waals surface area contributed by atoms with E-state index in [2.05, 4.69) is 19.2 Å². The Labute approximate surface area is 126 Å². The standard InChI is InChI=1S/C17H24N2O2/c1-12(2)8-9-19-11-14(10-16(19)20)17(21)18-15-6-4-13(3)5-7-15/h4-7,12,14H,8-11H2,1-3H3,(H,18,21)/t14-/m1/s1. The molecule has 0 unspecified atom stereocenters. The normalized spacial score (nSPS) is 18.4. The van der Waals surface area contributed by atoms with Crippen LogP contribution in [0.15, 0.2) is 24.3 Å². The number of hydrogen-bond donors (Lipinski definition) is 1. The molecule has 0 aromatic heterocycles. The smallest absolute Gasteiger partial charge is 0.229 e. The van der Waals surface area contributed by atoms with Crippen molar-refractivity contribution in [3.05, 3.63) is 29.8 Å². The zero-order valence-corrected chi connectivity index (χ0v) is 13.1. The summed E-state index contributed by atoms with van der Waals surface area (Å²) in [5.74, 6) is 0.378. The zero-order chi connectivity index (χ0) is 15.4. The second-order valence-electron chi connectivity index (χ2n) is 6.28. The molecule has 0 radical (unpaired) electrons. The minimum atomic E-state index is -0.231. The highest BCUT2D eigenvalue weighted by Gasteiger charge is 2.33. The van der Waals surface area contributed by atoms with Crippen molar-refractivity contribution in [3.63, 3.8) is 0 Å². The van der Waals surface area contributed by atoms with Crippen molar-refractivity contribution in [2.45, 2.75) is 33.6 Å². The number of nitrogens with one attached hydrogen (secondary N) is 1. The van der Waals surface area contributed by atoms with Gasteiger partial charge < -0.3 is 10.2 Å². The molecular weight excluding hydrogens is 264 g/mol. The van der Waals surface area contributed by atoms with Crippen LogP contribution in [0.25, 0.3) is 0 Å². The van der Waals surface area contributed by atoms with Crippen LogP contribution < -0.4 is 5.32 Å². The van der Waals surface area contributed by atoms with E-state index in [-0.39, 0.29) is 17.7 Å². The van der Waals surface area contributed by atoms with Crippen molar-refractivity contribution >= 4 is 17.5 Å². The van der Waals surface area contributed by atoms with E-state index in [0.717, 1.165) is 24.2 Å². The average molecular weight is 288 g/mol. The Hall–Kier alpha value is -1.84. The summed E-state index contributed by atoms with van der Waals surface area (Å²) in [6, 6.07) is 7.70. The Balaban J connectivity index is 1.89. The van der Waals surface area contributed by atoms with Gasteiger partial charge in [0, 0.05) is 25.2 Å². The van der Waals surface area contributed by atoms with Crippen molar-refractivity contribution in [1.82, 2.24) is 4.90 Å². The summed E-state index contributed by atoms with van der Waals surface area (Å²) >= 11 is 0. The molecule has 1 aromatic carbocycles. The molecule has 1 saturated heterocycles. The van der Waals surface area contributed by atoms with Gasteiger partial charge in [0.05, 0.1) is 5.92 Å². The molecule has 0 aliphatic carbocycles. The number of hydrogen-bond acceptors (Lipinski definition) is 2. The molecule has 1 fully saturated rings. The fraction of sp³-hybridized carbons (Fsp3) is 0.529. The molecule has 1 aromatic rings. The number of carbonyl (C=O) groups is 2. The van der Waals surface area contributed by atoms with E-state index in [4.69, 9.17) is 0 Å². The van der Waals surface area contributed by atoms with Crippen LogP contribution >= 0.6 is 0 Å². The third-order valence-corrected chi connectivity index (χ3v) is 3.88. The third-order valence-electron chi connectivity index (χ3n) is 3.88. The van der Waals surface area contributed by atoms with Crippen LogP contribution in [0, 0.1) is 18.8 Å². The predicted octanol–water partition coefficient (Wildman–Crippen LogP) is 2.83. The molecule has 1 N–H and O–H groups in total. The molecule has 0 spiro atoms. The molecule has 1 atom stereocenters. The van der Waals surface area contributed by atoms with Crippen LogP contribution in [0.3, 0.4) is 0 Å². The fourth-order valence-electron chi connectivity index (χ4n) is 2.46. The number of aryl methyl sites for hydroxylation is 1. The van der Waals surface area contributed by atoms with Crippen molar-refractivity contribution in [2.75, 3.05) is 18.4 Å². The van der Waals surface area contributed by atoms with E-state index in [0.29, 0.717) is 18.9 Å². The summed E-state index contributed by atoms with van der Waals surface area (Å²) in [6.45, 7) is 7.59. The summed E-state index contributed by atoms with van der Waals surface area (Å²) in [5.41, 5.74) is 1.95. The SMILES string of the molecule is Cc1ccc(NC(=O)[C@@H]2CC(=O)N(CCC(C)C)C2)cc1. The Morgan fingerprint density at radius 2 is 2.00 bits per heavy atom. The van der Waals surface area contributed by atoms with E-state index in [9.17, 15) is 9.59 Å². The summed E-state index contributed by atoms with van der Waals surface area (Å²) in [7, 11) is 0. The number of benzene rings is 1. The van der Waals surface area contributed by atoms with Crippen LogP contribution in [0.1, 0.15) is 32.3 Å². The van der Waals surface area contributed by atoms with E-state index in [1.165, 1.54) is 0 Å². The number of nitrogens with zero attached hydrogens (tertiary/aromatic N) is 1. The quantitative estimate of drug-likeness (QED) is 0.905. The highest BCUT2D eigenvalue weighted by molar-refractivity contribution is 5.97. The summed E-state index contributed by atoms with van der Waals surface area (Å²) in [6.07, 6.45) is 1.31. The number of carbonyl (C=O) groups excluding carboxylic acids is 2. The predicted molar refractivity (Wildman–Crippen MR) is 84.0 cm³/mol. The van der Waals surface area contributed by atoms with Crippen LogP contribution in [-0.2, 0) is 9.59 Å². The fourth-order valence-corrected chi connectivity index (χ4v) is 2.46. The molecule has 4 nitrogen and oxygen atoms in total. The average Bonchev–Trinajstić information content (AvgIpc) is 2.80. The van der Waals surface area contributed by atoms with Crippen LogP contribution in [0.5, 0.6) is 0 Å². The van der Waals surface area contributed by atoms with Crippen LogP contribution in [0.4, 0.5) is 5.69 Å². The van der Waals surface area contributed by atoms with Gasteiger partial charge in [-0.25, -0.2) is 0 Å². The van der Waals surface area contributed by atoms with Crippen LogP contribution in [-0.4, -0.2) is 29.8 Å². The lowest BCUT2D eigenvalue weighted by Gasteiger charge is -2.17. The van der Waals surface area contributed by atoms with Gasteiger partial charge in [0.1, 0.15) is 0 Å². The highest BCUT2D eigenvalue weighted by atomic mass is 16.2. The van der Waals surface area contributed by atoms with E-state index < -0.39 is 0 Å². The molecule has 0 saturated carbocycles. The first-order valence-corrected chi connectivity index (χ1v) is 7.61. The second kappa shape index (κ2) is 6.74. The molecule has 114 valence electrons. The number of anilines is 1. The highest BCUT2D eigenvalue weighted by Crippen LogP contribution is 2.21. The van der Waals surface area contributed by atoms with Gasteiger partial charge in [0.25, 0.3) is 0 Å². The summed E-state index contributed by atoms with van der Waals surface area (Å²) in [4.78, 5) is 26.0. The van der Waals surface area contributed by atoms with Gasteiger partial charge in [0.2, 0.25) is 11.8 Å². The summed E-state index contributed by atoms with van der Waals surface area (Å²) < 4.78 is 0. The molecule has 1 aliphatic heterocycles. The Morgan fingerprint density at radius 1 is 1.33 bits per heavy atom. The molecule has 2 amide bonds. The van der Waals surface area contributed by atoms with Crippen LogP contribution in [0.2, 0.25) is 0 Å². The van der Waals surface area contributed by atoms with Gasteiger partial charge in [-0.15, -0.1) is 0 Å². The van der Waals surface area contributed by atoms with Gasteiger partial charge in [-0.2, -0.15) is 0 Å². The van der Waals surface area contributed by atoms with E-state index in [1.54, 1.807) is 0 Å². The van der Waals surface area contributed by atoms with Gasteiger partial charge >= 0.3 is 0 Å². The minimum Gasteiger partial charge on any atom is -0.342 e. The lowest BCUT2D eigenvalue weighted by Crippen LogP contribution is -2.29. The lowest BCUT2D eigenvalue weighted by atomic mass is 10.1. The summed E-state index contributed by atoms with van der Waals surface area (Å²) in [5, 5.41) is 2.90. The third kappa shape index (κ3) is 4.31. The molecule has 1 heterocycles. The zero-order valence-electron chi connectivity index (χ0n) is 13.1. The lowest BCUT2D eigenvalue weighted by molar-refractivity contribution is -0.128. The molecule has 21 heavy (non-hydrogen) atoms. The number of rotatable bonds is 5. The van der Waals surface area contributed by atoms with Crippen molar-refractivity contribution in [1.29, 1.82) is 0 Å². The Kier molecular flexibility index (Phi) is 4.99. The molecule has 0 bridgehead atoms.